The van der Waals surface area contributed by atoms with Crippen LogP contribution < -0.4 is 5.73 Å². The molecule has 0 amide bonds. The summed E-state index contributed by atoms with van der Waals surface area (Å²) in [5.41, 5.74) is 5.87. The minimum atomic E-state index is -0.205. The van der Waals surface area contributed by atoms with Crippen molar-refractivity contribution in [2.75, 3.05) is 0 Å². The summed E-state index contributed by atoms with van der Waals surface area (Å²) in [5, 5.41) is 25.7. The van der Waals surface area contributed by atoms with Gasteiger partial charge in [0, 0.05) is 0 Å². The largest absolute Gasteiger partial charge is 0.382 e. The lowest BCUT2D eigenvalue weighted by molar-refractivity contribution is 0.300. The van der Waals surface area contributed by atoms with Crippen LogP contribution >= 0.6 is 0 Å². The summed E-state index contributed by atoms with van der Waals surface area (Å²) < 4.78 is 4.48. The van der Waals surface area contributed by atoms with Crippen LogP contribution in [-0.2, 0) is 6.54 Å². The molecule has 15 heavy (non-hydrogen) atoms. The van der Waals surface area contributed by atoms with E-state index in [-0.39, 0.29) is 18.1 Å². The fourth-order valence-corrected chi connectivity index (χ4v) is 1.04. The van der Waals surface area contributed by atoms with E-state index >= 15 is 0 Å². The summed E-state index contributed by atoms with van der Waals surface area (Å²) in [7, 11) is 0. The maximum atomic E-state index is 7.21. The molecule has 2 aromatic heterocycles. The normalized spacial score (nSPS) is 10.5. The van der Waals surface area contributed by atoms with Gasteiger partial charge in [-0.2, -0.15) is 4.80 Å². The predicted molar refractivity (Wildman–Crippen MR) is 47.0 cm³/mol. The highest BCUT2D eigenvalue weighted by molar-refractivity contribution is 5.93. The highest BCUT2D eigenvalue weighted by atomic mass is 16.6. The van der Waals surface area contributed by atoms with Crippen LogP contribution in [0.1, 0.15) is 17.2 Å². The van der Waals surface area contributed by atoms with Crippen molar-refractivity contribution >= 4 is 5.84 Å². The van der Waals surface area contributed by atoms with Gasteiger partial charge in [0.05, 0.1) is 0 Å². The molecule has 0 saturated heterocycles. The summed E-state index contributed by atoms with van der Waals surface area (Å²) in [5.74, 6) is 0.346. The Kier molecular flexibility index (Phi) is 2.12. The van der Waals surface area contributed by atoms with E-state index in [4.69, 9.17) is 11.1 Å². The predicted octanol–water partition coefficient (Wildman–Crippen LogP) is -1.30. The Labute approximate surface area is 83.7 Å². The Hall–Kier alpha value is -2.32. The standard InChI is InChI=1S/C6H8N8O/c1-3-9-13-14(10-3)2-4-5(6(7)8)12-15-11-4/h2H2,1H3,(H3,7,8). The van der Waals surface area contributed by atoms with Gasteiger partial charge >= 0.3 is 0 Å². The second-order valence-corrected chi connectivity index (χ2v) is 2.84. The molecule has 2 rings (SSSR count). The Balaban J connectivity index is 2.24. The zero-order valence-electron chi connectivity index (χ0n) is 7.88. The van der Waals surface area contributed by atoms with Gasteiger partial charge in [-0.15, -0.1) is 10.2 Å². The molecule has 0 aliphatic heterocycles. The first-order chi connectivity index (χ1) is 7.16. The number of rotatable bonds is 3. The summed E-state index contributed by atoms with van der Waals surface area (Å²) in [6.45, 7) is 1.94. The van der Waals surface area contributed by atoms with Gasteiger partial charge in [-0.25, -0.2) is 4.63 Å². The molecule has 0 atom stereocenters. The number of tetrazole rings is 1. The monoisotopic (exact) mass is 208 g/mol. The maximum Gasteiger partial charge on any atom is 0.174 e. The fourth-order valence-electron chi connectivity index (χ4n) is 1.04. The van der Waals surface area contributed by atoms with Crippen LogP contribution in [0.2, 0.25) is 0 Å². The van der Waals surface area contributed by atoms with Gasteiger partial charge < -0.3 is 5.73 Å². The lowest BCUT2D eigenvalue weighted by Crippen LogP contribution is -2.16. The summed E-state index contributed by atoms with van der Waals surface area (Å²) in [6.07, 6.45) is 0. The number of nitrogens with two attached hydrogens (primary N) is 1. The zero-order valence-corrected chi connectivity index (χ0v) is 7.88. The molecule has 0 saturated carbocycles. The van der Waals surface area contributed by atoms with Crippen LogP contribution in [0.3, 0.4) is 0 Å². The second kappa shape index (κ2) is 3.44. The molecule has 78 valence electrons. The van der Waals surface area contributed by atoms with Crippen LogP contribution in [0, 0.1) is 12.3 Å². The molecule has 0 unspecified atom stereocenters. The zero-order chi connectivity index (χ0) is 10.8. The van der Waals surface area contributed by atoms with Gasteiger partial charge in [-0.05, 0) is 17.3 Å². The first-order valence-electron chi connectivity index (χ1n) is 4.07. The van der Waals surface area contributed by atoms with E-state index in [1.165, 1.54) is 4.80 Å². The SMILES string of the molecule is Cc1nnn(Cc2nonc2C(=N)N)n1. The van der Waals surface area contributed by atoms with E-state index < -0.39 is 0 Å². The van der Waals surface area contributed by atoms with Crippen molar-refractivity contribution in [1.82, 2.24) is 30.5 Å². The summed E-state index contributed by atoms with van der Waals surface area (Å²) in [4.78, 5) is 1.32. The minimum absolute atomic E-state index is 0.199. The number of amidine groups is 1. The van der Waals surface area contributed by atoms with Crippen LogP contribution in [-0.4, -0.2) is 36.4 Å². The Bertz CT molecular complexity index is 485. The smallest absolute Gasteiger partial charge is 0.174 e. The van der Waals surface area contributed by atoms with E-state index in [2.05, 4.69) is 30.4 Å². The van der Waals surface area contributed by atoms with E-state index in [1.807, 2.05) is 0 Å². The molecule has 0 spiro atoms. The van der Waals surface area contributed by atoms with Crippen molar-refractivity contribution in [2.24, 2.45) is 5.73 Å². The molecular formula is C6H8N8O. The average Bonchev–Trinajstić information content (AvgIpc) is 2.75. The molecule has 0 bridgehead atoms. The molecule has 0 fully saturated rings. The molecule has 9 nitrogen and oxygen atoms in total. The third kappa shape index (κ3) is 1.80. The first kappa shape index (κ1) is 9.24. The number of aromatic nitrogens is 6. The molecule has 9 heteroatoms. The first-order valence-corrected chi connectivity index (χ1v) is 4.07. The van der Waals surface area contributed by atoms with E-state index in [1.54, 1.807) is 6.92 Å². The van der Waals surface area contributed by atoms with Gasteiger partial charge in [0.2, 0.25) is 0 Å². The van der Waals surface area contributed by atoms with E-state index in [0.717, 1.165) is 0 Å². The fraction of sp³-hybridized carbons (Fsp3) is 0.333. The summed E-state index contributed by atoms with van der Waals surface area (Å²) in [6, 6.07) is 0. The van der Waals surface area contributed by atoms with Crippen molar-refractivity contribution < 1.29 is 4.63 Å². The topological polar surface area (TPSA) is 132 Å². The molecule has 0 aliphatic carbocycles. The number of hydrogen-bond acceptors (Lipinski definition) is 7. The highest BCUT2D eigenvalue weighted by Crippen LogP contribution is 2.02. The average molecular weight is 208 g/mol. The van der Waals surface area contributed by atoms with Gasteiger partial charge in [0.1, 0.15) is 18.1 Å². The molecule has 0 aromatic carbocycles. The molecule has 2 aromatic rings. The van der Waals surface area contributed by atoms with Gasteiger partial charge in [0.25, 0.3) is 0 Å². The van der Waals surface area contributed by atoms with E-state index in [9.17, 15) is 0 Å². The van der Waals surface area contributed by atoms with Crippen LogP contribution in [0.15, 0.2) is 4.63 Å². The lowest BCUT2D eigenvalue weighted by atomic mass is 10.3. The number of hydrogen-bond donors (Lipinski definition) is 2. The van der Waals surface area contributed by atoms with Gasteiger partial charge in [0.15, 0.2) is 11.5 Å². The maximum absolute atomic E-state index is 7.21. The summed E-state index contributed by atoms with van der Waals surface area (Å²) >= 11 is 0. The Morgan fingerprint density at radius 2 is 2.33 bits per heavy atom. The molecule has 3 N–H and O–H groups in total. The quantitative estimate of drug-likeness (QED) is 0.473. The van der Waals surface area contributed by atoms with Crippen LogP contribution in [0.5, 0.6) is 0 Å². The second-order valence-electron chi connectivity index (χ2n) is 2.84. The van der Waals surface area contributed by atoms with Gasteiger partial charge in [-0.3, -0.25) is 5.41 Å². The molecular weight excluding hydrogens is 200 g/mol. The van der Waals surface area contributed by atoms with Gasteiger partial charge in [-0.1, -0.05) is 5.16 Å². The Morgan fingerprint density at radius 3 is 2.93 bits per heavy atom. The van der Waals surface area contributed by atoms with Crippen molar-refractivity contribution in [1.29, 1.82) is 5.41 Å². The van der Waals surface area contributed by atoms with E-state index in [0.29, 0.717) is 11.5 Å². The van der Waals surface area contributed by atoms with Crippen molar-refractivity contribution in [3.63, 3.8) is 0 Å². The lowest BCUT2D eigenvalue weighted by Gasteiger charge is -1.95. The van der Waals surface area contributed by atoms with Crippen molar-refractivity contribution in [3.8, 4) is 0 Å². The highest BCUT2D eigenvalue weighted by Gasteiger charge is 2.14. The molecule has 2 heterocycles. The third-order valence-electron chi connectivity index (χ3n) is 1.66. The number of nitrogen functional groups attached to an aromatic ring is 1. The van der Waals surface area contributed by atoms with Crippen molar-refractivity contribution in [3.05, 3.63) is 17.2 Å². The Morgan fingerprint density at radius 1 is 1.53 bits per heavy atom. The third-order valence-corrected chi connectivity index (χ3v) is 1.66. The van der Waals surface area contributed by atoms with Crippen LogP contribution in [0.4, 0.5) is 0 Å². The number of nitrogens with one attached hydrogen (secondary N) is 1. The molecule has 0 radical (unpaired) electrons. The number of nitrogens with zero attached hydrogens (tertiary/aromatic N) is 6. The van der Waals surface area contributed by atoms with Crippen LogP contribution in [0.25, 0.3) is 0 Å². The van der Waals surface area contributed by atoms with Crippen molar-refractivity contribution in [2.45, 2.75) is 13.5 Å². The molecule has 0 aliphatic rings. The number of aryl methyl sites for hydroxylation is 1. The minimum Gasteiger partial charge on any atom is -0.382 e.